The molecule has 2 aromatic carbocycles. The molecular formula is C21H25N5O4S2. The van der Waals surface area contributed by atoms with Crippen LogP contribution in [0.4, 0.5) is 0 Å². The molecule has 1 heterocycles. The van der Waals surface area contributed by atoms with Crippen molar-refractivity contribution < 1.29 is 17.9 Å². The van der Waals surface area contributed by atoms with Gasteiger partial charge in [-0.15, -0.1) is 0 Å². The molecule has 0 atom stereocenters. The highest BCUT2D eigenvalue weighted by Crippen LogP contribution is 2.24. The number of hydrogen-bond acceptors (Lipinski definition) is 7. The molecule has 1 aromatic heterocycles. The van der Waals surface area contributed by atoms with Crippen molar-refractivity contribution in [3.8, 4) is 5.75 Å². The number of rotatable bonds is 11. The predicted molar refractivity (Wildman–Crippen MR) is 122 cm³/mol. The van der Waals surface area contributed by atoms with E-state index >= 15 is 0 Å². The second-order valence-electron chi connectivity index (χ2n) is 6.88. The van der Waals surface area contributed by atoms with E-state index in [9.17, 15) is 13.2 Å². The number of sulfonamides is 1. The fraction of sp³-hybridized carbons (Fsp3) is 0.286. The van der Waals surface area contributed by atoms with Crippen molar-refractivity contribution in [1.29, 1.82) is 0 Å². The fourth-order valence-corrected chi connectivity index (χ4v) is 5.10. The maximum atomic E-state index is 13.4. The molecule has 0 saturated heterocycles. The Bertz CT molecular complexity index is 1120. The van der Waals surface area contributed by atoms with Gasteiger partial charge < -0.3 is 10.1 Å². The standard InChI is InChI=1S/C21H25N5O4S2/c1-16-12-18(8-9-19(16)30-2)32(28,29)26(13-17-6-4-3-5-7-17)14-20(27)22-10-11-31-21-23-15-24-25-21/h3-9,12,15H,10-11,13-14H2,1-2H3,(H,22,27)(H,23,24,25). The Hall–Kier alpha value is -2.89. The van der Waals surface area contributed by atoms with Gasteiger partial charge in [0.25, 0.3) is 0 Å². The van der Waals surface area contributed by atoms with Crippen LogP contribution in [0.1, 0.15) is 11.1 Å². The van der Waals surface area contributed by atoms with E-state index in [1.165, 1.54) is 35.6 Å². The molecule has 0 spiro atoms. The average Bonchev–Trinajstić information content (AvgIpc) is 3.30. The third kappa shape index (κ3) is 6.31. The number of aryl methyl sites for hydroxylation is 1. The molecule has 3 rings (SSSR count). The summed E-state index contributed by atoms with van der Waals surface area (Å²) in [4.78, 5) is 16.7. The maximum absolute atomic E-state index is 13.4. The van der Waals surface area contributed by atoms with Crippen molar-refractivity contribution in [1.82, 2.24) is 24.8 Å². The SMILES string of the molecule is COc1ccc(S(=O)(=O)N(CC(=O)NCCSc2ncn[nH]2)Cc2ccccc2)cc1C. The van der Waals surface area contributed by atoms with E-state index in [-0.39, 0.29) is 23.9 Å². The summed E-state index contributed by atoms with van der Waals surface area (Å²) in [6.07, 6.45) is 1.41. The summed E-state index contributed by atoms with van der Waals surface area (Å²) in [6, 6.07) is 13.8. The summed E-state index contributed by atoms with van der Waals surface area (Å²) in [6.45, 7) is 1.92. The number of ether oxygens (including phenoxy) is 1. The minimum Gasteiger partial charge on any atom is -0.496 e. The zero-order chi connectivity index (χ0) is 23.0. The number of carbonyl (C=O) groups is 1. The van der Waals surface area contributed by atoms with E-state index in [0.29, 0.717) is 28.8 Å². The number of H-pyrrole nitrogens is 1. The van der Waals surface area contributed by atoms with Crippen molar-refractivity contribution in [2.45, 2.75) is 23.5 Å². The third-order valence-corrected chi connectivity index (χ3v) is 7.25. The van der Waals surface area contributed by atoms with Gasteiger partial charge in [-0.2, -0.15) is 9.40 Å². The van der Waals surface area contributed by atoms with Crippen LogP contribution in [0.3, 0.4) is 0 Å². The van der Waals surface area contributed by atoms with Gasteiger partial charge in [0.2, 0.25) is 15.9 Å². The van der Waals surface area contributed by atoms with Crippen LogP contribution in [0.2, 0.25) is 0 Å². The molecule has 2 N–H and O–H groups in total. The Balaban J connectivity index is 1.72. The molecule has 0 bridgehead atoms. The molecule has 0 aliphatic carbocycles. The molecule has 0 aliphatic rings. The molecule has 11 heteroatoms. The van der Waals surface area contributed by atoms with Crippen molar-refractivity contribution in [2.75, 3.05) is 26.0 Å². The molecule has 0 fully saturated rings. The summed E-state index contributed by atoms with van der Waals surface area (Å²) < 4.78 is 33.2. The van der Waals surface area contributed by atoms with Crippen LogP contribution in [-0.2, 0) is 21.4 Å². The number of aromatic amines is 1. The van der Waals surface area contributed by atoms with Gasteiger partial charge in [-0.05, 0) is 36.2 Å². The van der Waals surface area contributed by atoms with Gasteiger partial charge in [-0.25, -0.2) is 13.4 Å². The molecule has 0 unspecified atom stereocenters. The Morgan fingerprint density at radius 1 is 1.22 bits per heavy atom. The van der Waals surface area contributed by atoms with Crippen LogP contribution in [-0.4, -0.2) is 59.8 Å². The van der Waals surface area contributed by atoms with Crippen LogP contribution >= 0.6 is 11.8 Å². The zero-order valence-electron chi connectivity index (χ0n) is 17.8. The Morgan fingerprint density at radius 3 is 2.66 bits per heavy atom. The molecule has 32 heavy (non-hydrogen) atoms. The zero-order valence-corrected chi connectivity index (χ0v) is 19.4. The van der Waals surface area contributed by atoms with E-state index in [1.807, 2.05) is 30.3 Å². The summed E-state index contributed by atoms with van der Waals surface area (Å²) in [5.74, 6) is 0.790. The lowest BCUT2D eigenvalue weighted by Gasteiger charge is -2.22. The van der Waals surface area contributed by atoms with Crippen molar-refractivity contribution >= 4 is 27.7 Å². The first-order valence-corrected chi connectivity index (χ1v) is 12.3. The van der Waals surface area contributed by atoms with Gasteiger partial charge in [-0.1, -0.05) is 42.1 Å². The predicted octanol–water partition coefficient (Wildman–Crippen LogP) is 2.22. The average molecular weight is 476 g/mol. The molecule has 9 nitrogen and oxygen atoms in total. The van der Waals surface area contributed by atoms with Crippen LogP contribution in [0.25, 0.3) is 0 Å². The minimum absolute atomic E-state index is 0.0779. The van der Waals surface area contributed by atoms with Crippen molar-refractivity contribution in [2.24, 2.45) is 0 Å². The molecule has 0 radical (unpaired) electrons. The number of benzene rings is 2. The quantitative estimate of drug-likeness (QED) is 0.323. The number of nitrogens with one attached hydrogen (secondary N) is 2. The van der Waals surface area contributed by atoms with E-state index in [1.54, 1.807) is 19.1 Å². The van der Waals surface area contributed by atoms with Crippen LogP contribution < -0.4 is 10.1 Å². The third-order valence-electron chi connectivity index (χ3n) is 4.58. The molecule has 1 amide bonds. The van der Waals surface area contributed by atoms with Crippen LogP contribution in [0.5, 0.6) is 5.75 Å². The minimum atomic E-state index is -3.92. The number of amides is 1. The first-order chi connectivity index (χ1) is 15.4. The van der Waals surface area contributed by atoms with Gasteiger partial charge >= 0.3 is 0 Å². The Kier molecular flexibility index (Phi) is 8.26. The molecule has 170 valence electrons. The summed E-state index contributed by atoms with van der Waals surface area (Å²) in [5.41, 5.74) is 1.48. The Labute approximate surface area is 191 Å². The fourth-order valence-electron chi connectivity index (χ4n) is 2.99. The van der Waals surface area contributed by atoms with E-state index in [0.717, 1.165) is 5.56 Å². The van der Waals surface area contributed by atoms with E-state index in [4.69, 9.17) is 4.74 Å². The van der Waals surface area contributed by atoms with Gasteiger partial charge in [0.15, 0.2) is 5.16 Å². The van der Waals surface area contributed by atoms with E-state index in [2.05, 4.69) is 20.5 Å². The maximum Gasteiger partial charge on any atom is 0.243 e. The number of thioether (sulfide) groups is 1. The summed E-state index contributed by atoms with van der Waals surface area (Å²) in [5, 5.41) is 9.91. The first kappa shape index (κ1) is 23.8. The van der Waals surface area contributed by atoms with Gasteiger partial charge in [0.1, 0.15) is 12.1 Å². The normalized spacial score (nSPS) is 11.5. The topological polar surface area (TPSA) is 117 Å². The van der Waals surface area contributed by atoms with Crippen molar-refractivity contribution in [3.05, 3.63) is 66.0 Å². The Morgan fingerprint density at radius 2 is 2.00 bits per heavy atom. The number of aromatic nitrogens is 3. The van der Waals surface area contributed by atoms with Gasteiger partial charge in [0.05, 0.1) is 18.6 Å². The smallest absolute Gasteiger partial charge is 0.243 e. The lowest BCUT2D eigenvalue weighted by Crippen LogP contribution is -2.41. The first-order valence-electron chi connectivity index (χ1n) is 9.83. The highest BCUT2D eigenvalue weighted by molar-refractivity contribution is 7.99. The monoisotopic (exact) mass is 475 g/mol. The lowest BCUT2D eigenvalue weighted by atomic mass is 10.2. The van der Waals surface area contributed by atoms with Crippen LogP contribution in [0, 0.1) is 6.92 Å². The second kappa shape index (κ2) is 11.1. The number of methoxy groups -OCH3 is 1. The number of carbonyl (C=O) groups excluding carboxylic acids is 1. The molecule has 3 aromatic rings. The van der Waals surface area contributed by atoms with E-state index < -0.39 is 10.0 Å². The molecular weight excluding hydrogens is 450 g/mol. The van der Waals surface area contributed by atoms with Crippen LogP contribution in [0.15, 0.2) is 64.9 Å². The summed E-state index contributed by atoms with van der Waals surface area (Å²) >= 11 is 1.41. The molecule has 0 saturated carbocycles. The van der Waals surface area contributed by atoms with Gasteiger partial charge in [-0.3, -0.25) is 9.89 Å². The molecule has 0 aliphatic heterocycles. The highest BCUT2D eigenvalue weighted by atomic mass is 32.2. The second-order valence-corrected chi connectivity index (χ2v) is 9.90. The summed E-state index contributed by atoms with van der Waals surface area (Å²) in [7, 11) is -2.39. The van der Waals surface area contributed by atoms with Gasteiger partial charge in [0, 0.05) is 18.8 Å². The largest absolute Gasteiger partial charge is 0.496 e. The number of nitrogens with zero attached hydrogens (tertiary/aromatic N) is 3. The van der Waals surface area contributed by atoms with Crippen molar-refractivity contribution in [3.63, 3.8) is 0 Å². The highest BCUT2D eigenvalue weighted by Gasteiger charge is 2.27. The number of hydrogen-bond donors (Lipinski definition) is 2. The lowest BCUT2D eigenvalue weighted by molar-refractivity contribution is -0.121.